The SMILES string of the molecule is N#CC1(CNc2nc(-c3cc(NC4CCN(Cc5ccc6c(c5Br)C(=O)N(C5CCC(=O)NC5=O)C6=O)CC4)ncc3Cl)cs2)CCOCC1. The number of nitrogens with one attached hydrogen (secondary N) is 3. The molecule has 1 atom stereocenters. The van der Waals surface area contributed by atoms with Gasteiger partial charge in [0.25, 0.3) is 11.8 Å². The van der Waals surface area contributed by atoms with Crippen LogP contribution in [0.2, 0.25) is 5.02 Å². The zero-order valence-electron chi connectivity index (χ0n) is 27.0. The average Bonchev–Trinajstić information content (AvgIpc) is 3.69. The van der Waals surface area contributed by atoms with Crippen LogP contribution in [0.1, 0.15) is 64.8 Å². The molecule has 0 spiro atoms. The lowest BCUT2D eigenvalue weighted by Crippen LogP contribution is -2.54. The summed E-state index contributed by atoms with van der Waals surface area (Å²) in [6.07, 6.45) is 4.93. The summed E-state index contributed by atoms with van der Waals surface area (Å²) < 4.78 is 5.99. The maximum atomic E-state index is 13.4. The predicted molar refractivity (Wildman–Crippen MR) is 190 cm³/mol. The minimum atomic E-state index is -1.01. The van der Waals surface area contributed by atoms with Crippen LogP contribution in [-0.2, 0) is 20.9 Å². The van der Waals surface area contributed by atoms with Gasteiger partial charge in [0.05, 0.1) is 33.3 Å². The molecule has 0 bridgehead atoms. The molecule has 260 valence electrons. The second-order valence-electron chi connectivity index (χ2n) is 13.0. The van der Waals surface area contributed by atoms with Gasteiger partial charge in [0.2, 0.25) is 11.8 Å². The normalized spacial score (nSPS) is 21.1. The first-order valence-corrected chi connectivity index (χ1v) is 18.6. The van der Waals surface area contributed by atoms with Crippen LogP contribution in [-0.4, -0.2) is 88.3 Å². The van der Waals surface area contributed by atoms with Gasteiger partial charge in [-0.05, 0) is 65.7 Å². The Balaban J connectivity index is 0.950. The van der Waals surface area contributed by atoms with Gasteiger partial charge in [-0.25, -0.2) is 9.97 Å². The summed E-state index contributed by atoms with van der Waals surface area (Å²) in [6.45, 7) is 3.87. The van der Waals surface area contributed by atoms with E-state index in [-0.39, 0.29) is 30.0 Å². The first-order valence-electron chi connectivity index (χ1n) is 16.5. The molecule has 3 fully saturated rings. The van der Waals surface area contributed by atoms with Crippen molar-refractivity contribution in [3.05, 3.63) is 56.0 Å². The Labute approximate surface area is 305 Å². The van der Waals surface area contributed by atoms with Crippen molar-refractivity contribution in [3.8, 4) is 17.3 Å². The van der Waals surface area contributed by atoms with Crippen molar-refractivity contribution in [2.75, 3.05) is 43.5 Å². The third-order valence-electron chi connectivity index (χ3n) is 9.86. The molecule has 0 radical (unpaired) electrons. The molecule has 50 heavy (non-hydrogen) atoms. The Morgan fingerprint density at radius 1 is 1.12 bits per heavy atom. The lowest BCUT2D eigenvalue weighted by atomic mass is 9.82. The van der Waals surface area contributed by atoms with Gasteiger partial charge in [0.1, 0.15) is 11.9 Å². The summed E-state index contributed by atoms with van der Waals surface area (Å²) in [7, 11) is 0. The number of carbonyl (C=O) groups excluding carboxylic acids is 4. The number of nitrogens with zero attached hydrogens (tertiary/aromatic N) is 5. The number of nitriles is 1. The Morgan fingerprint density at radius 2 is 1.90 bits per heavy atom. The van der Waals surface area contributed by atoms with Crippen LogP contribution in [0.3, 0.4) is 0 Å². The lowest BCUT2D eigenvalue weighted by Gasteiger charge is -2.33. The molecule has 3 N–H and O–H groups in total. The lowest BCUT2D eigenvalue weighted by molar-refractivity contribution is -0.136. The number of amides is 4. The number of fused-ring (bicyclic) bond motifs is 1. The summed E-state index contributed by atoms with van der Waals surface area (Å²) in [6, 6.07) is 7.06. The number of halogens is 2. The fourth-order valence-electron chi connectivity index (χ4n) is 6.90. The highest BCUT2D eigenvalue weighted by Crippen LogP contribution is 2.37. The van der Waals surface area contributed by atoms with E-state index in [1.165, 1.54) is 11.3 Å². The van der Waals surface area contributed by atoms with Crippen molar-refractivity contribution in [2.45, 2.75) is 57.2 Å². The third kappa shape index (κ3) is 6.87. The van der Waals surface area contributed by atoms with Gasteiger partial charge < -0.3 is 15.4 Å². The second kappa shape index (κ2) is 14.4. The zero-order valence-corrected chi connectivity index (χ0v) is 30.1. The van der Waals surface area contributed by atoms with Crippen molar-refractivity contribution in [1.29, 1.82) is 5.26 Å². The number of rotatable bonds is 9. The minimum Gasteiger partial charge on any atom is -0.381 e. The summed E-state index contributed by atoms with van der Waals surface area (Å²) in [5.74, 6) is -1.38. The Morgan fingerprint density at radius 3 is 2.64 bits per heavy atom. The molecule has 13 nitrogen and oxygen atoms in total. The van der Waals surface area contributed by atoms with Gasteiger partial charge in [-0.15, -0.1) is 11.3 Å². The van der Waals surface area contributed by atoms with E-state index in [1.54, 1.807) is 12.3 Å². The van der Waals surface area contributed by atoms with Crippen molar-refractivity contribution < 1.29 is 23.9 Å². The molecule has 1 unspecified atom stereocenters. The van der Waals surface area contributed by atoms with Gasteiger partial charge in [0.15, 0.2) is 5.13 Å². The van der Waals surface area contributed by atoms with Gasteiger partial charge in [-0.2, -0.15) is 5.26 Å². The van der Waals surface area contributed by atoms with E-state index in [4.69, 9.17) is 21.3 Å². The number of piperidine rings is 2. The maximum Gasteiger partial charge on any atom is 0.263 e. The fourth-order valence-corrected chi connectivity index (χ4v) is 8.45. The van der Waals surface area contributed by atoms with E-state index in [9.17, 15) is 24.4 Å². The smallest absolute Gasteiger partial charge is 0.263 e. The summed E-state index contributed by atoms with van der Waals surface area (Å²) in [4.78, 5) is 63.2. The molecule has 4 amide bonds. The van der Waals surface area contributed by atoms with E-state index < -0.39 is 35.1 Å². The second-order valence-corrected chi connectivity index (χ2v) is 15.1. The van der Waals surface area contributed by atoms with E-state index in [0.29, 0.717) is 54.5 Å². The Bertz CT molecular complexity index is 1900. The van der Waals surface area contributed by atoms with E-state index >= 15 is 0 Å². The van der Waals surface area contributed by atoms with E-state index in [2.05, 4.69) is 47.8 Å². The molecule has 1 aromatic carbocycles. The van der Waals surface area contributed by atoms with Gasteiger partial charge in [0, 0.05) is 73.5 Å². The number of hydrogen-bond acceptors (Lipinski definition) is 12. The minimum absolute atomic E-state index is 0.0725. The van der Waals surface area contributed by atoms with Crippen molar-refractivity contribution in [1.82, 2.24) is 25.1 Å². The van der Waals surface area contributed by atoms with Crippen molar-refractivity contribution >= 4 is 73.4 Å². The number of likely N-dealkylation sites (tertiary alicyclic amines) is 1. The number of aromatic nitrogens is 2. The van der Waals surface area contributed by atoms with E-state index in [1.807, 2.05) is 17.5 Å². The molecule has 2 aromatic heterocycles. The van der Waals surface area contributed by atoms with Crippen LogP contribution in [0.15, 0.2) is 34.2 Å². The summed E-state index contributed by atoms with van der Waals surface area (Å²) >= 11 is 11.6. The van der Waals surface area contributed by atoms with Crippen LogP contribution < -0.4 is 16.0 Å². The molecular weight excluding hydrogens is 748 g/mol. The fraction of sp³-hybridized carbons (Fsp3) is 0.441. The molecule has 3 aromatic rings. The summed E-state index contributed by atoms with van der Waals surface area (Å²) in [5, 5.41) is 22.1. The number of benzene rings is 1. The van der Waals surface area contributed by atoms with E-state index in [0.717, 1.165) is 52.8 Å². The third-order valence-corrected chi connectivity index (χ3v) is 11.9. The van der Waals surface area contributed by atoms with Crippen LogP contribution >= 0.6 is 38.9 Å². The molecule has 16 heteroatoms. The Kier molecular flexibility index (Phi) is 9.91. The zero-order chi connectivity index (χ0) is 35.0. The maximum absolute atomic E-state index is 13.4. The number of carbonyl (C=O) groups is 4. The monoisotopic (exact) mass is 780 g/mol. The number of anilines is 2. The largest absolute Gasteiger partial charge is 0.381 e. The Hall–Kier alpha value is -3.94. The molecule has 7 rings (SSSR count). The molecule has 3 saturated heterocycles. The number of imide groups is 2. The van der Waals surface area contributed by atoms with Crippen LogP contribution in [0.5, 0.6) is 0 Å². The van der Waals surface area contributed by atoms with Gasteiger partial charge in [-0.1, -0.05) is 17.7 Å². The molecule has 4 aliphatic heterocycles. The van der Waals surface area contributed by atoms with Crippen LogP contribution in [0, 0.1) is 16.7 Å². The molecule has 0 aliphatic carbocycles. The summed E-state index contributed by atoms with van der Waals surface area (Å²) in [5.41, 5.74) is 2.44. The molecule has 6 heterocycles. The average molecular weight is 782 g/mol. The van der Waals surface area contributed by atoms with Crippen LogP contribution in [0.4, 0.5) is 10.9 Å². The predicted octanol–water partition coefficient (Wildman–Crippen LogP) is 4.83. The number of ether oxygens (including phenoxy) is 1. The highest BCUT2D eigenvalue weighted by molar-refractivity contribution is 9.10. The highest BCUT2D eigenvalue weighted by atomic mass is 79.9. The first kappa shape index (κ1) is 34.5. The number of pyridine rings is 1. The topological polar surface area (TPSA) is 170 Å². The van der Waals surface area contributed by atoms with Crippen molar-refractivity contribution in [2.24, 2.45) is 5.41 Å². The molecular formula is C34H34BrClN8O5S. The number of hydrogen-bond donors (Lipinski definition) is 3. The molecule has 4 aliphatic rings. The highest BCUT2D eigenvalue weighted by Gasteiger charge is 2.46. The first-order chi connectivity index (χ1) is 24.1. The number of thiazole rings is 1. The molecule has 0 saturated carbocycles. The van der Waals surface area contributed by atoms with Crippen LogP contribution in [0.25, 0.3) is 11.3 Å². The quantitative estimate of drug-likeness (QED) is 0.254. The van der Waals surface area contributed by atoms with Crippen molar-refractivity contribution in [3.63, 3.8) is 0 Å². The van der Waals surface area contributed by atoms with Gasteiger partial charge >= 0.3 is 0 Å². The standard InChI is InChI=1S/C34H34BrClN8O5S/c35-29-19(1-2-21-28(29)32(48)44(31(21)47)25-3-4-27(45)42-30(25)46)15-43-9-5-20(6-10-43)40-26-13-22(23(36)14-38-26)24-16-50-33(41-24)39-18-34(17-37)7-11-49-12-8-34/h1-2,13-14,16,20,25H,3-12,15,18H2,(H,38,40)(H,39,41)(H,42,45,46). The van der Waals surface area contributed by atoms with Gasteiger partial charge in [-0.3, -0.25) is 34.3 Å².